The number of rotatable bonds is 6. The van der Waals surface area contributed by atoms with Crippen molar-refractivity contribution in [3.63, 3.8) is 0 Å². The van der Waals surface area contributed by atoms with E-state index in [0.717, 1.165) is 24.2 Å². The average Bonchev–Trinajstić information content (AvgIpc) is 3.10. The van der Waals surface area contributed by atoms with Crippen molar-refractivity contribution in [1.29, 1.82) is 0 Å². The lowest BCUT2D eigenvalue weighted by atomic mass is 10.2. The summed E-state index contributed by atoms with van der Waals surface area (Å²) in [5, 5.41) is 8.60. The molecule has 0 fully saturated rings. The zero-order valence-corrected chi connectivity index (χ0v) is 13.2. The number of carbonyl (C=O) groups excluding carboxylic acids is 1. The Labute approximate surface area is 125 Å². The highest BCUT2D eigenvalue weighted by Gasteiger charge is 2.23. The number of hydrogen-bond acceptors (Lipinski definition) is 3. The van der Waals surface area contributed by atoms with Crippen LogP contribution in [-0.2, 0) is 17.9 Å². The smallest absolute Gasteiger partial charge is 0.247 e. The fourth-order valence-electron chi connectivity index (χ4n) is 2.40. The van der Waals surface area contributed by atoms with Gasteiger partial charge in [0, 0.05) is 44.3 Å². The fraction of sp³-hybridized carbons (Fsp3) is 0.533. The number of aryl methyl sites for hydroxylation is 2. The Morgan fingerprint density at radius 1 is 1.43 bits per heavy atom. The van der Waals surface area contributed by atoms with E-state index in [0.29, 0.717) is 6.54 Å². The van der Waals surface area contributed by atoms with Gasteiger partial charge in [-0.05, 0) is 26.3 Å². The molecule has 6 nitrogen and oxygen atoms in total. The maximum absolute atomic E-state index is 12.6. The van der Waals surface area contributed by atoms with Crippen LogP contribution in [0.25, 0.3) is 0 Å². The van der Waals surface area contributed by atoms with Gasteiger partial charge in [-0.1, -0.05) is 6.92 Å². The minimum atomic E-state index is -0.244. The first kappa shape index (κ1) is 15.3. The summed E-state index contributed by atoms with van der Waals surface area (Å²) in [4.78, 5) is 14.4. The molecule has 2 rings (SSSR count). The molecule has 2 heterocycles. The van der Waals surface area contributed by atoms with Crippen LogP contribution in [0, 0.1) is 6.92 Å². The van der Waals surface area contributed by atoms with Crippen molar-refractivity contribution in [1.82, 2.24) is 24.5 Å². The van der Waals surface area contributed by atoms with Crippen molar-refractivity contribution in [2.45, 2.75) is 46.3 Å². The molecule has 0 bridgehead atoms. The second-order valence-electron chi connectivity index (χ2n) is 5.20. The number of likely N-dealkylation sites (N-methyl/N-ethyl adjacent to an activating group) is 1. The van der Waals surface area contributed by atoms with Crippen molar-refractivity contribution in [3.8, 4) is 0 Å². The number of nitrogens with zero attached hydrogens (tertiary/aromatic N) is 5. The summed E-state index contributed by atoms with van der Waals surface area (Å²) in [5.74, 6) is 0.0739. The first-order chi connectivity index (χ1) is 10.1. The highest BCUT2D eigenvalue weighted by Crippen LogP contribution is 2.16. The van der Waals surface area contributed by atoms with E-state index >= 15 is 0 Å². The Balaban J connectivity index is 2.09. The Bertz CT molecular complexity index is 587. The molecule has 114 valence electrons. The van der Waals surface area contributed by atoms with Gasteiger partial charge in [-0.25, -0.2) is 0 Å². The lowest BCUT2D eigenvalue weighted by Crippen LogP contribution is -2.34. The molecular weight excluding hydrogens is 266 g/mol. The monoisotopic (exact) mass is 289 g/mol. The number of aromatic nitrogens is 4. The molecule has 0 aromatic carbocycles. The van der Waals surface area contributed by atoms with Crippen LogP contribution in [0.2, 0.25) is 0 Å². The topological polar surface area (TPSA) is 56.0 Å². The Hall–Kier alpha value is -2.11. The number of carbonyl (C=O) groups is 1. The second kappa shape index (κ2) is 6.56. The highest BCUT2D eigenvalue weighted by atomic mass is 16.2. The first-order valence-corrected chi connectivity index (χ1v) is 7.33. The van der Waals surface area contributed by atoms with E-state index in [4.69, 9.17) is 0 Å². The van der Waals surface area contributed by atoms with E-state index in [1.807, 2.05) is 44.0 Å². The molecule has 6 heteroatoms. The quantitative estimate of drug-likeness (QED) is 0.817. The maximum Gasteiger partial charge on any atom is 0.247 e. The zero-order chi connectivity index (χ0) is 15.4. The molecule has 0 N–H and O–H groups in total. The van der Waals surface area contributed by atoms with Gasteiger partial charge < -0.3 is 4.90 Å². The van der Waals surface area contributed by atoms with E-state index in [1.165, 1.54) is 0 Å². The predicted molar refractivity (Wildman–Crippen MR) is 80.7 cm³/mol. The van der Waals surface area contributed by atoms with E-state index in [1.54, 1.807) is 15.8 Å². The molecule has 0 unspecified atom stereocenters. The Kier molecular flexibility index (Phi) is 4.77. The van der Waals surface area contributed by atoms with Crippen molar-refractivity contribution in [2.75, 3.05) is 7.05 Å². The lowest BCUT2D eigenvalue weighted by Gasteiger charge is -2.23. The molecule has 0 spiro atoms. The van der Waals surface area contributed by atoms with Crippen LogP contribution < -0.4 is 0 Å². The van der Waals surface area contributed by atoms with Crippen LogP contribution in [0.15, 0.2) is 24.7 Å². The molecule has 0 saturated carbocycles. The summed E-state index contributed by atoms with van der Waals surface area (Å²) in [6.07, 6.45) is 6.26. The van der Waals surface area contributed by atoms with E-state index < -0.39 is 0 Å². The van der Waals surface area contributed by atoms with Crippen molar-refractivity contribution < 1.29 is 4.79 Å². The fourth-order valence-corrected chi connectivity index (χ4v) is 2.40. The highest BCUT2D eigenvalue weighted by molar-refractivity contribution is 5.80. The zero-order valence-electron chi connectivity index (χ0n) is 13.2. The van der Waals surface area contributed by atoms with Crippen LogP contribution in [0.5, 0.6) is 0 Å². The van der Waals surface area contributed by atoms with Gasteiger partial charge in [0.05, 0.1) is 5.69 Å². The molecule has 2 aromatic heterocycles. The predicted octanol–water partition coefficient (Wildman–Crippen LogP) is 2.02. The Morgan fingerprint density at radius 2 is 2.19 bits per heavy atom. The van der Waals surface area contributed by atoms with Crippen molar-refractivity contribution >= 4 is 5.91 Å². The molecule has 1 amide bonds. The van der Waals surface area contributed by atoms with Gasteiger partial charge in [-0.2, -0.15) is 10.2 Å². The minimum absolute atomic E-state index is 0.0739. The van der Waals surface area contributed by atoms with Gasteiger partial charge in [0.1, 0.15) is 6.04 Å². The van der Waals surface area contributed by atoms with Gasteiger partial charge in [-0.15, -0.1) is 0 Å². The van der Waals surface area contributed by atoms with Gasteiger partial charge in [0.25, 0.3) is 0 Å². The summed E-state index contributed by atoms with van der Waals surface area (Å²) < 4.78 is 3.62. The van der Waals surface area contributed by atoms with Crippen LogP contribution in [0.3, 0.4) is 0 Å². The molecule has 0 aliphatic carbocycles. The SMILES string of the molecule is CC[C@@H](C(=O)N(C)Cc1cn(CC)nc1C)n1cccn1. The first-order valence-electron chi connectivity index (χ1n) is 7.33. The van der Waals surface area contributed by atoms with Gasteiger partial charge in [-0.3, -0.25) is 14.2 Å². The lowest BCUT2D eigenvalue weighted by molar-refractivity contribution is -0.134. The molecule has 21 heavy (non-hydrogen) atoms. The standard InChI is InChI=1S/C15H23N5O/c1-5-14(20-9-7-8-16-20)15(21)18(4)10-13-11-19(6-2)17-12(13)3/h7-9,11,14H,5-6,10H2,1-4H3/t14-/m0/s1. The molecule has 1 atom stereocenters. The number of amides is 1. The molecular formula is C15H23N5O. The third kappa shape index (κ3) is 3.32. The summed E-state index contributed by atoms with van der Waals surface area (Å²) >= 11 is 0. The second-order valence-corrected chi connectivity index (χ2v) is 5.20. The van der Waals surface area contributed by atoms with Crippen LogP contribution in [-0.4, -0.2) is 37.4 Å². The third-order valence-corrected chi connectivity index (χ3v) is 3.67. The summed E-state index contributed by atoms with van der Waals surface area (Å²) in [7, 11) is 1.83. The normalized spacial score (nSPS) is 12.4. The molecule has 0 aliphatic heterocycles. The summed E-state index contributed by atoms with van der Waals surface area (Å²) in [6, 6.07) is 1.59. The summed E-state index contributed by atoms with van der Waals surface area (Å²) in [6.45, 7) is 7.44. The molecule has 0 aliphatic rings. The van der Waals surface area contributed by atoms with Crippen LogP contribution in [0.4, 0.5) is 0 Å². The molecule has 2 aromatic rings. The van der Waals surface area contributed by atoms with Gasteiger partial charge >= 0.3 is 0 Å². The maximum atomic E-state index is 12.6. The van der Waals surface area contributed by atoms with Crippen LogP contribution >= 0.6 is 0 Å². The third-order valence-electron chi connectivity index (χ3n) is 3.67. The molecule has 0 radical (unpaired) electrons. The summed E-state index contributed by atoms with van der Waals surface area (Å²) in [5.41, 5.74) is 2.06. The average molecular weight is 289 g/mol. The number of hydrogen-bond donors (Lipinski definition) is 0. The van der Waals surface area contributed by atoms with Crippen molar-refractivity contribution in [3.05, 3.63) is 35.9 Å². The Morgan fingerprint density at radius 3 is 2.71 bits per heavy atom. The molecule has 0 saturated heterocycles. The van der Waals surface area contributed by atoms with Crippen LogP contribution in [0.1, 0.15) is 37.6 Å². The minimum Gasteiger partial charge on any atom is -0.339 e. The van der Waals surface area contributed by atoms with Gasteiger partial charge in [0.2, 0.25) is 5.91 Å². The van der Waals surface area contributed by atoms with E-state index in [2.05, 4.69) is 17.1 Å². The van der Waals surface area contributed by atoms with Gasteiger partial charge in [0.15, 0.2) is 0 Å². The van der Waals surface area contributed by atoms with E-state index in [-0.39, 0.29) is 11.9 Å². The van der Waals surface area contributed by atoms with Crippen molar-refractivity contribution in [2.24, 2.45) is 0 Å². The largest absolute Gasteiger partial charge is 0.339 e. The van der Waals surface area contributed by atoms with E-state index in [9.17, 15) is 4.79 Å².